The van der Waals surface area contributed by atoms with Gasteiger partial charge in [-0.1, -0.05) is 273 Å². The fraction of sp³-hybridized carbons (Fsp3) is 0.103. The van der Waals surface area contributed by atoms with E-state index < -0.39 is 112 Å². The highest BCUT2D eigenvalue weighted by Gasteiger charge is 2.95. The molecule has 16 rings (SSSR count). The van der Waals surface area contributed by atoms with E-state index in [0.717, 1.165) is 0 Å². The summed E-state index contributed by atoms with van der Waals surface area (Å²) < 4.78 is 287. The maximum absolute atomic E-state index is 13.7. The highest BCUT2D eigenvalue weighted by atomic mass is 32.2. The number of hydrogen-bond acceptors (Lipinski definition) is 15. The van der Waals surface area contributed by atoms with Crippen LogP contribution >= 0.6 is 0 Å². The van der Waals surface area contributed by atoms with E-state index in [4.69, 9.17) is 0 Å². The fourth-order valence-electron chi connectivity index (χ4n) is 12.8. The van der Waals surface area contributed by atoms with Crippen molar-refractivity contribution >= 4 is 90.3 Å². The number of aliphatic carboxylic acids is 6. The van der Waals surface area contributed by atoms with Crippen LogP contribution in [-0.2, 0) is 88.0 Å². The lowest BCUT2D eigenvalue weighted by molar-refractivity contribution is -0.577. The summed E-state index contributed by atoms with van der Waals surface area (Å²) in [6, 6.07) is 112. The highest BCUT2D eigenvalue weighted by Crippen LogP contribution is 2.65. The molecule has 1 fully saturated rings. The summed E-state index contributed by atoms with van der Waals surface area (Å²) in [6.45, 7) is 0. The van der Waals surface area contributed by atoms with Gasteiger partial charge in [0.15, 0.2) is 73.4 Å². The van der Waals surface area contributed by atoms with Crippen molar-refractivity contribution in [3.8, 4) is 0 Å². The van der Waals surface area contributed by atoms with Crippen LogP contribution in [0, 0.1) is 0 Å². The largest absolute Gasteiger partial charge is 0.544 e. The van der Waals surface area contributed by atoms with Gasteiger partial charge in [-0.3, -0.25) is 0 Å². The normalized spacial score (nSPS) is 13.7. The number of piperazine rings is 1. The van der Waals surface area contributed by atoms with Gasteiger partial charge >= 0.3 is 66.3 Å². The average Bonchev–Trinajstić information content (AvgIpc) is 0.663. The third kappa shape index (κ3) is 29.4. The van der Waals surface area contributed by atoms with Crippen molar-refractivity contribution in [1.29, 1.82) is 0 Å². The van der Waals surface area contributed by atoms with Crippen LogP contribution in [0.3, 0.4) is 0 Å². The Bertz CT molecular complexity index is 5430. The van der Waals surface area contributed by atoms with Crippen LogP contribution < -0.4 is 30.6 Å². The van der Waals surface area contributed by atoms with Crippen LogP contribution in [0.1, 0.15) is 0 Å². The Morgan fingerprint density at radius 2 is 0.282 bits per heavy atom. The molecule has 0 spiro atoms. The summed E-state index contributed by atoms with van der Waals surface area (Å²) in [6.07, 6.45) is -10.8. The Kier molecular flexibility index (Phi) is 41.3. The van der Waals surface area contributed by atoms with Gasteiger partial charge < -0.3 is 59.4 Å². The van der Waals surface area contributed by atoms with Crippen molar-refractivity contribution in [3.05, 3.63) is 455 Å². The lowest BCUT2D eigenvalue weighted by atomic mass is 10.1. The van der Waals surface area contributed by atoms with Crippen LogP contribution in [0.5, 0.6) is 0 Å². The molecule has 15 aromatic rings. The first-order valence-corrected chi connectivity index (χ1v) is 48.7. The predicted molar refractivity (Wildman–Crippen MR) is 497 cm³/mol. The second-order valence-corrected chi connectivity index (χ2v) is 39.9. The van der Waals surface area contributed by atoms with E-state index in [2.05, 4.69) is 460 Å². The molecular formula is C107H75F22N2O13S5-. The molecule has 149 heavy (non-hydrogen) atoms. The summed E-state index contributed by atoms with van der Waals surface area (Å²) in [5.41, 5.74) is 0. The van der Waals surface area contributed by atoms with Crippen LogP contribution in [0.2, 0.25) is 0 Å². The minimum atomic E-state index is -8.16. The molecule has 0 unspecified atom stereocenters. The smallest absolute Gasteiger partial charge is 0.402 e. The third-order valence-corrected chi connectivity index (χ3v) is 30.8. The molecule has 15 aromatic carbocycles. The van der Waals surface area contributed by atoms with E-state index in [1.54, 1.807) is 0 Å². The topological polar surface area (TPSA) is 256 Å². The van der Waals surface area contributed by atoms with Gasteiger partial charge in [0.1, 0.15) is 35.8 Å². The average molecular weight is 2180 g/mol. The number of benzene rings is 15. The predicted octanol–water partition coefficient (Wildman–Crippen LogP) is 19.7. The van der Waals surface area contributed by atoms with E-state index in [1.165, 1.54) is 73.4 Å². The number of alkyl halides is 22. The number of carbonyl (C=O) groups excluding carboxylic acids is 6. The van der Waals surface area contributed by atoms with Gasteiger partial charge in [0.05, 0.1) is 54.5 Å². The van der Waals surface area contributed by atoms with Crippen molar-refractivity contribution in [2.45, 2.75) is 140 Å². The molecule has 1 aliphatic rings. The molecule has 0 radical (unpaired) electrons. The summed E-state index contributed by atoms with van der Waals surface area (Å²) in [7, 11) is -0.0731. The molecule has 42 heteroatoms. The number of hydrogen-bond donors (Lipinski definition) is 0. The van der Waals surface area contributed by atoms with Crippen LogP contribution in [0.25, 0.3) is 0 Å². The summed E-state index contributed by atoms with van der Waals surface area (Å²) >= 11 is 0. The number of rotatable bonds is 27. The van der Waals surface area contributed by atoms with Gasteiger partial charge in [-0.2, -0.15) is 96.6 Å². The third-order valence-electron chi connectivity index (χ3n) is 19.6. The molecule has 0 bridgehead atoms. The lowest BCUT2D eigenvalue weighted by Crippen LogP contribution is -2.88. The molecule has 15 nitrogen and oxygen atoms in total. The fourth-order valence-corrected chi connectivity index (χ4v) is 23.4. The zero-order chi connectivity index (χ0) is 109. The van der Waals surface area contributed by atoms with Crippen molar-refractivity contribution in [2.24, 2.45) is 0 Å². The standard InChI is InChI=1S/5C18H15S.C10H2F16N2O4.C4H2F4O5.C3H2F2O4/c5*1-4-10-16(11-5-1)19(17-12-6-2-7-13-17)18-14-8-3-9-15-18;11-3(12,1(29)30)5(15,16)27-7(19,20)9(23,24)28(10(25,26)8(27,21)22)6(17,18)4(13,14)2(31)32;5-3(6,1(9)10)13-4(7,8)2(11)12;4-3(5,1(6)7)2(8)9/h5*1-15H;(H,29,30)(H,31,32);(H,9,10)(H,11,12);(H,6,7)(H,8,9)/q5*+1;;;/p-6. The van der Waals surface area contributed by atoms with Crippen LogP contribution in [0.4, 0.5) is 96.6 Å². The lowest BCUT2D eigenvalue weighted by Gasteiger charge is -2.56. The Hall–Kier alpha value is -14.8. The number of carboxylic acids is 6. The number of ether oxygens (including phenoxy) is 1. The van der Waals surface area contributed by atoms with Crippen molar-refractivity contribution < 1.29 is 161 Å². The first kappa shape index (κ1) is 118. The molecule has 1 aliphatic heterocycles. The maximum atomic E-state index is 13.7. The van der Waals surface area contributed by atoms with Crippen LogP contribution in [0.15, 0.2) is 528 Å². The van der Waals surface area contributed by atoms with Crippen LogP contribution in [-0.4, -0.2) is 112 Å². The molecule has 0 amide bonds. The van der Waals surface area contributed by atoms with E-state index in [1.807, 2.05) is 0 Å². The van der Waals surface area contributed by atoms with Gasteiger partial charge in [-0.25, -0.2) is 4.74 Å². The van der Waals surface area contributed by atoms with Crippen molar-refractivity contribution in [3.63, 3.8) is 0 Å². The highest BCUT2D eigenvalue weighted by molar-refractivity contribution is 7.98. The monoisotopic (exact) mass is 2170 g/mol. The molecule has 1 saturated heterocycles. The minimum Gasteiger partial charge on any atom is -0.544 e. The first-order valence-electron chi connectivity index (χ1n) is 42.6. The number of carbonyl (C=O) groups is 6. The van der Waals surface area contributed by atoms with Crippen molar-refractivity contribution in [1.82, 2.24) is 9.80 Å². The molecule has 0 aromatic heterocycles. The summed E-state index contributed by atoms with van der Waals surface area (Å²) in [5, 5.41) is 57.0. The van der Waals surface area contributed by atoms with Crippen molar-refractivity contribution in [2.75, 3.05) is 0 Å². The van der Waals surface area contributed by atoms with Gasteiger partial charge in [-0.05, 0) is 182 Å². The first-order chi connectivity index (χ1) is 70.3. The molecule has 0 N–H and O–H groups in total. The molecule has 1 heterocycles. The zero-order valence-corrected chi connectivity index (χ0v) is 79.9. The van der Waals surface area contributed by atoms with Gasteiger partial charge in [0.25, 0.3) is 0 Å². The minimum absolute atomic E-state index is 0.0146. The summed E-state index contributed by atoms with van der Waals surface area (Å²) in [4.78, 5) is 68.5. The Morgan fingerprint density at radius 3 is 0.356 bits per heavy atom. The van der Waals surface area contributed by atoms with E-state index in [-0.39, 0.29) is 54.5 Å². The quantitative estimate of drug-likeness (QED) is 0.0201. The number of carboxylic acid groups (broad SMARTS) is 6. The van der Waals surface area contributed by atoms with E-state index >= 15 is 0 Å². The zero-order valence-electron chi connectivity index (χ0n) is 75.9. The Morgan fingerprint density at radius 1 is 0.181 bits per heavy atom. The Balaban J connectivity index is 0.000000193. The Labute approximate surface area is 850 Å². The summed E-state index contributed by atoms with van der Waals surface area (Å²) in [5.74, 6) is -41.5. The molecule has 0 atom stereocenters. The second-order valence-electron chi connectivity index (χ2n) is 29.7. The van der Waals surface area contributed by atoms with E-state index in [0.29, 0.717) is 0 Å². The molecule has 0 saturated carbocycles. The SMILES string of the molecule is O=C([O-])C(F)(F)C(=O)[O-].O=C([O-])C(F)(F)C(F)(F)N1C(F)(F)C(F)(F)N(C(F)(F)C(F)(F)C(=O)[O-])C(F)(F)C1(F)F.O=C([O-])C(F)(F)OC(F)(F)C(=O)[O-].c1ccc([S+](c2ccccc2)c2ccccc2)cc1.c1ccc([S+](c2ccccc2)c2ccccc2)cc1.c1ccc([S+](c2ccccc2)c2ccccc2)cc1.c1ccc([S+](c2ccccc2)c2ccccc2)cc1.c1ccc([S+](c2ccccc2)c2ccccc2)cc1. The molecular weight excluding hydrogens is 2100 g/mol. The van der Waals surface area contributed by atoms with Gasteiger partial charge in [0.2, 0.25) is 0 Å². The molecule has 776 valence electrons. The second kappa shape index (κ2) is 52.2. The maximum Gasteiger partial charge on any atom is 0.402 e. The number of nitrogens with zero attached hydrogens (tertiary/aromatic N) is 2. The van der Waals surface area contributed by atoms with Gasteiger partial charge in [0, 0.05) is 0 Å². The number of halogens is 22. The van der Waals surface area contributed by atoms with Gasteiger partial charge in [-0.15, -0.1) is 9.80 Å². The molecule has 0 aliphatic carbocycles. The van der Waals surface area contributed by atoms with E-state index in [9.17, 15) is 156 Å².